The average Bonchev–Trinajstić information content (AvgIpc) is 2.70. The smallest absolute Gasteiger partial charge is 0.229 e. The Morgan fingerprint density at radius 3 is 2.76 bits per heavy atom. The molecule has 10 heteroatoms. The molecule has 2 heterocycles. The summed E-state index contributed by atoms with van der Waals surface area (Å²) in [5.74, 6) is -0.412. The summed E-state index contributed by atoms with van der Waals surface area (Å²) in [6, 6.07) is 0. The molecule has 0 bridgehead atoms. The molecule has 0 saturated carbocycles. The van der Waals surface area contributed by atoms with Gasteiger partial charge >= 0.3 is 0 Å². The summed E-state index contributed by atoms with van der Waals surface area (Å²) in [5, 5.41) is 10.2. The number of amides is 1. The van der Waals surface area contributed by atoms with Crippen LogP contribution in [0.2, 0.25) is 0 Å². The standard InChI is InChI=1S/C7H11N5O3S2/c8-17(14,15)3-4-1-5(13)12(2-4)6-9-7(16)11-10-6/h4H,1-3H2,(H2,8,14,15)(H2,9,10,11,16). The van der Waals surface area contributed by atoms with Crippen molar-refractivity contribution in [3.8, 4) is 0 Å². The van der Waals surface area contributed by atoms with Crippen molar-refractivity contribution in [2.45, 2.75) is 6.42 Å². The summed E-state index contributed by atoms with van der Waals surface area (Å²) in [5.41, 5.74) is 0. The third-order valence-corrected chi connectivity index (χ3v) is 3.55. The number of hydrogen-bond acceptors (Lipinski definition) is 5. The zero-order chi connectivity index (χ0) is 12.6. The number of sulfonamides is 1. The maximum atomic E-state index is 11.7. The van der Waals surface area contributed by atoms with E-state index in [2.05, 4.69) is 15.2 Å². The summed E-state index contributed by atoms with van der Waals surface area (Å²) in [4.78, 5) is 16.9. The number of nitrogens with one attached hydrogen (secondary N) is 2. The molecule has 8 nitrogen and oxygen atoms in total. The number of anilines is 1. The number of aromatic amines is 2. The highest BCUT2D eigenvalue weighted by atomic mass is 32.2. The molecule has 0 radical (unpaired) electrons. The molecule has 94 valence electrons. The Bertz CT molecular complexity index is 589. The van der Waals surface area contributed by atoms with Crippen molar-refractivity contribution in [3.63, 3.8) is 0 Å². The van der Waals surface area contributed by atoms with Crippen molar-refractivity contribution < 1.29 is 13.2 Å². The largest absolute Gasteiger partial charge is 0.281 e. The third-order valence-electron chi connectivity index (χ3n) is 2.42. The van der Waals surface area contributed by atoms with Gasteiger partial charge in [-0.2, -0.15) is 4.98 Å². The zero-order valence-corrected chi connectivity index (χ0v) is 10.3. The number of carbonyl (C=O) groups is 1. The van der Waals surface area contributed by atoms with Gasteiger partial charge in [0.1, 0.15) is 0 Å². The number of H-pyrrole nitrogens is 2. The molecule has 0 aromatic carbocycles. The van der Waals surface area contributed by atoms with Crippen molar-refractivity contribution in [1.82, 2.24) is 15.2 Å². The molecule has 1 aliphatic rings. The van der Waals surface area contributed by atoms with Gasteiger partial charge in [-0.25, -0.2) is 13.6 Å². The molecule has 1 unspecified atom stereocenters. The Morgan fingerprint density at radius 2 is 2.24 bits per heavy atom. The van der Waals surface area contributed by atoms with Crippen molar-refractivity contribution in [2.75, 3.05) is 17.2 Å². The molecule has 0 spiro atoms. The van der Waals surface area contributed by atoms with E-state index in [1.807, 2.05) is 0 Å². The van der Waals surface area contributed by atoms with E-state index >= 15 is 0 Å². The topological polar surface area (TPSA) is 125 Å². The van der Waals surface area contributed by atoms with Crippen LogP contribution in [0.1, 0.15) is 6.42 Å². The molecule has 1 aromatic heterocycles. The fraction of sp³-hybridized carbons (Fsp3) is 0.571. The number of aromatic nitrogens is 3. The van der Waals surface area contributed by atoms with Crippen LogP contribution >= 0.6 is 12.2 Å². The normalized spacial score (nSPS) is 21.1. The number of carbonyl (C=O) groups excluding carboxylic acids is 1. The van der Waals surface area contributed by atoms with Gasteiger partial charge in [0.15, 0.2) is 0 Å². The van der Waals surface area contributed by atoms with Gasteiger partial charge in [0, 0.05) is 18.9 Å². The van der Waals surface area contributed by atoms with E-state index in [9.17, 15) is 13.2 Å². The minimum absolute atomic E-state index is 0.143. The van der Waals surface area contributed by atoms with Crippen LogP contribution in [0.4, 0.5) is 5.95 Å². The second kappa shape index (κ2) is 4.20. The fourth-order valence-corrected chi connectivity index (χ4v) is 2.83. The Morgan fingerprint density at radius 1 is 1.53 bits per heavy atom. The summed E-state index contributed by atoms with van der Waals surface area (Å²) in [7, 11) is -3.57. The highest BCUT2D eigenvalue weighted by Crippen LogP contribution is 2.22. The number of rotatable bonds is 3. The molecule has 1 atom stereocenters. The van der Waals surface area contributed by atoms with Gasteiger partial charge in [0.25, 0.3) is 0 Å². The minimum Gasteiger partial charge on any atom is -0.281 e. The first kappa shape index (κ1) is 12.2. The molecule has 1 aromatic rings. The molecule has 1 aliphatic heterocycles. The second-order valence-corrected chi connectivity index (χ2v) is 5.94. The molecular weight excluding hydrogens is 266 g/mol. The minimum atomic E-state index is -3.57. The van der Waals surface area contributed by atoms with E-state index in [1.54, 1.807) is 0 Å². The first-order chi connectivity index (χ1) is 7.85. The summed E-state index contributed by atoms with van der Waals surface area (Å²) in [6.45, 7) is 0.269. The fourth-order valence-electron chi connectivity index (χ4n) is 1.82. The van der Waals surface area contributed by atoms with Crippen molar-refractivity contribution in [2.24, 2.45) is 11.1 Å². The first-order valence-electron chi connectivity index (χ1n) is 4.80. The van der Waals surface area contributed by atoms with Crippen LogP contribution in [0.5, 0.6) is 0 Å². The maximum absolute atomic E-state index is 11.7. The SMILES string of the molecule is NS(=O)(=O)CC1CC(=O)N(c2nc(=S)[nH][nH]2)C1. The summed E-state index contributed by atoms with van der Waals surface area (Å²) >= 11 is 4.77. The number of nitrogens with zero attached hydrogens (tertiary/aromatic N) is 2. The van der Waals surface area contributed by atoms with E-state index < -0.39 is 10.0 Å². The first-order valence-corrected chi connectivity index (χ1v) is 6.93. The van der Waals surface area contributed by atoms with Crippen LogP contribution in [0.3, 0.4) is 0 Å². The average molecular weight is 277 g/mol. The monoisotopic (exact) mass is 277 g/mol. The highest BCUT2D eigenvalue weighted by Gasteiger charge is 2.34. The number of primary sulfonamides is 1. The lowest BCUT2D eigenvalue weighted by Gasteiger charge is -2.11. The molecule has 0 aliphatic carbocycles. The predicted octanol–water partition coefficient (Wildman–Crippen LogP) is -0.891. The quantitative estimate of drug-likeness (QED) is 0.618. The third kappa shape index (κ3) is 2.90. The molecule has 17 heavy (non-hydrogen) atoms. The lowest BCUT2D eigenvalue weighted by molar-refractivity contribution is -0.117. The lowest BCUT2D eigenvalue weighted by Crippen LogP contribution is -2.28. The van der Waals surface area contributed by atoms with Crippen LogP contribution in [0.15, 0.2) is 0 Å². The van der Waals surface area contributed by atoms with Crippen LogP contribution in [0.25, 0.3) is 0 Å². The van der Waals surface area contributed by atoms with Gasteiger partial charge in [0.05, 0.1) is 5.75 Å². The van der Waals surface area contributed by atoms with Gasteiger partial charge in [0.2, 0.25) is 26.6 Å². The van der Waals surface area contributed by atoms with Crippen LogP contribution in [-0.4, -0.2) is 41.8 Å². The van der Waals surface area contributed by atoms with Gasteiger partial charge in [-0.1, -0.05) is 0 Å². The van der Waals surface area contributed by atoms with Crippen molar-refractivity contribution in [1.29, 1.82) is 0 Å². The zero-order valence-electron chi connectivity index (χ0n) is 8.71. The summed E-state index contributed by atoms with van der Waals surface area (Å²) in [6.07, 6.45) is 0.143. The Kier molecular flexibility index (Phi) is 3.02. The Hall–Kier alpha value is -1.26. The van der Waals surface area contributed by atoms with E-state index in [0.29, 0.717) is 5.95 Å². The van der Waals surface area contributed by atoms with E-state index in [4.69, 9.17) is 17.4 Å². The van der Waals surface area contributed by atoms with Crippen LogP contribution in [-0.2, 0) is 14.8 Å². The molecule has 4 N–H and O–H groups in total. The number of nitrogens with two attached hydrogens (primary N) is 1. The van der Waals surface area contributed by atoms with Crippen LogP contribution < -0.4 is 10.0 Å². The van der Waals surface area contributed by atoms with E-state index in [-0.39, 0.29) is 35.3 Å². The molecule has 2 rings (SSSR count). The van der Waals surface area contributed by atoms with Crippen molar-refractivity contribution in [3.05, 3.63) is 4.77 Å². The van der Waals surface area contributed by atoms with Gasteiger partial charge in [-0.15, -0.1) is 0 Å². The Balaban J connectivity index is 2.13. The van der Waals surface area contributed by atoms with Gasteiger partial charge in [-0.05, 0) is 12.2 Å². The highest BCUT2D eigenvalue weighted by molar-refractivity contribution is 7.89. The van der Waals surface area contributed by atoms with Gasteiger partial charge in [-0.3, -0.25) is 19.9 Å². The molecule has 1 fully saturated rings. The predicted molar refractivity (Wildman–Crippen MR) is 62.2 cm³/mol. The Labute approximate surface area is 102 Å². The van der Waals surface area contributed by atoms with Crippen molar-refractivity contribution >= 4 is 34.1 Å². The van der Waals surface area contributed by atoms with E-state index in [1.165, 1.54) is 4.90 Å². The van der Waals surface area contributed by atoms with Crippen LogP contribution in [0, 0.1) is 10.7 Å². The summed E-state index contributed by atoms with van der Waals surface area (Å²) < 4.78 is 22.1. The maximum Gasteiger partial charge on any atom is 0.229 e. The molecule has 1 amide bonds. The second-order valence-electron chi connectivity index (χ2n) is 3.89. The number of hydrogen-bond donors (Lipinski definition) is 3. The van der Waals surface area contributed by atoms with Gasteiger partial charge < -0.3 is 0 Å². The molecular formula is C7H11N5O3S2. The lowest BCUT2D eigenvalue weighted by atomic mass is 10.1. The molecule has 1 saturated heterocycles. The van der Waals surface area contributed by atoms with E-state index in [0.717, 1.165) is 0 Å².